The van der Waals surface area contributed by atoms with Gasteiger partial charge < -0.3 is 19.4 Å². The topological polar surface area (TPSA) is 36.0 Å². The molecule has 0 unspecified atom stereocenters. The van der Waals surface area contributed by atoms with E-state index < -0.39 is 0 Å². The molecule has 162 valence electrons. The van der Waals surface area contributed by atoms with Gasteiger partial charge in [0.05, 0.1) is 0 Å². The molecule has 29 heavy (non-hydrogen) atoms. The first-order valence-electron chi connectivity index (χ1n) is 11.1. The van der Waals surface area contributed by atoms with Crippen LogP contribution in [-0.4, -0.2) is 73.7 Å². The molecular formula is C23H36BrN3O2. The Labute approximate surface area is 184 Å². The lowest BCUT2D eigenvalue weighted by Gasteiger charge is -2.34. The maximum absolute atomic E-state index is 12.4. The number of rotatable bonds is 7. The van der Waals surface area contributed by atoms with E-state index in [9.17, 15) is 4.79 Å². The van der Waals surface area contributed by atoms with Gasteiger partial charge in [0.2, 0.25) is 0 Å². The molecule has 5 nitrogen and oxygen atoms in total. The number of unbranched alkanes of at least 4 members (excludes halogenated alkanes) is 1. The molecule has 1 heterocycles. The molecule has 2 fully saturated rings. The molecule has 6 heteroatoms. The number of piperazine rings is 1. The Bertz CT molecular complexity index is 624. The first-order chi connectivity index (χ1) is 14.0. The first kappa shape index (κ1) is 22.6. The highest BCUT2D eigenvalue weighted by Crippen LogP contribution is 2.31. The fraction of sp³-hybridized carbons (Fsp3) is 0.696. The quantitative estimate of drug-likeness (QED) is 0.538. The minimum atomic E-state index is -0.247. The first-order valence-corrected chi connectivity index (χ1v) is 11.9. The van der Waals surface area contributed by atoms with Crippen LogP contribution in [0.15, 0.2) is 28.7 Å². The third kappa shape index (κ3) is 7.26. The zero-order valence-electron chi connectivity index (χ0n) is 18.0. The molecule has 0 atom stereocenters. The van der Waals surface area contributed by atoms with E-state index in [0.717, 1.165) is 23.2 Å². The van der Waals surface area contributed by atoms with Crippen LogP contribution in [0.3, 0.4) is 0 Å². The highest BCUT2D eigenvalue weighted by molar-refractivity contribution is 9.10. The van der Waals surface area contributed by atoms with Crippen molar-refractivity contribution in [2.24, 2.45) is 5.92 Å². The van der Waals surface area contributed by atoms with Gasteiger partial charge in [-0.1, -0.05) is 28.8 Å². The molecule has 1 aromatic rings. The van der Waals surface area contributed by atoms with E-state index in [0.29, 0.717) is 11.8 Å². The van der Waals surface area contributed by atoms with Gasteiger partial charge in [0, 0.05) is 43.7 Å². The Balaban J connectivity index is 1.30. The summed E-state index contributed by atoms with van der Waals surface area (Å²) in [5.41, 5.74) is 0. The summed E-state index contributed by atoms with van der Waals surface area (Å²) in [6.07, 6.45) is 8.40. The fourth-order valence-corrected chi connectivity index (χ4v) is 4.75. The second-order valence-electron chi connectivity index (χ2n) is 8.75. The van der Waals surface area contributed by atoms with Crippen molar-refractivity contribution >= 4 is 22.0 Å². The van der Waals surface area contributed by atoms with Crippen molar-refractivity contribution in [1.29, 1.82) is 0 Å². The Morgan fingerprint density at radius 3 is 2.38 bits per heavy atom. The third-order valence-electron chi connectivity index (χ3n) is 6.60. The van der Waals surface area contributed by atoms with Crippen LogP contribution in [-0.2, 0) is 0 Å². The van der Waals surface area contributed by atoms with Crippen LogP contribution in [0, 0.1) is 5.92 Å². The summed E-state index contributed by atoms with van der Waals surface area (Å²) in [7, 11) is 4.09. The Kier molecular flexibility index (Phi) is 8.82. The summed E-state index contributed by atoms with van der Waals surface area (Å²) in [5.74, 6) is 1.42. The van der Waals surface area contributed by atoms with Crippen molar-refractivity contribution in [1.82, 2.24) is 14.7 Å². The van der Waals surface area contributed by atoms with E-state index in [4.69, 9.17) is 4.74 Å². The molecule has 0 radical (unpaired) electrons. The third-order valence-corrected chi connectivity index (χ3v) is 7.13. The number of benzene rings is 1. The van der Waals surface area contributed by atoms with Gasteiger partial charge >= 0.3 is 6.09 Å². The second kappa shape index (κ2) is 11.3. The van der Waals surface area contributed by atoms with Crippen molar-refractivity contribution in [3.63, 3.8) is 0 Å². The van der Waals surface area contributed by atoms with Crippen molar-refractivity contribution < 1.29 is 9.53 Å². The largest absolute Gasteiger partial charge is 0.415 e. The molecule has 1 saturated heterocycles. The molecule has 0 N–H and O–H groups in total. The minimum absolute atomic E-state index is 0.247. The molecule has 1 amide bonds. The zero-order chi connectivity index (χ0) is 20.6. The molecule has 0 spiro atoms. The number of likely N-dealkylation sites (N-methyl/N-ethyl adjacent to an activating group) is 1. The molecule has 1 saturated carbocycles. The molecule has 1 aliphatic heterocycles. The summed E-state index contributed by atoms with van der Waals surface area (Å²) < 4.78 is 6.49. The number of carbonyl (C=O) groups excluding carboxylic acids is 1. The number of hydrogen-bond acceptors (Lipinski definition) is 4. The average molecular weight is 466 g/mol. The monoisotopic (exact) mass is 465 g/mol. The maximum atomic E-state index is 12.4. The Morgan fingerprint density at radius 2 is 1.72 bits per heavy atom. The summed E-state index contributed by atoms with van der Waals surface area (Å²) in [4.78, 5) is 19.3. The maximum Gasteiger partial charge on any atom is 0.415 e. The number of ether oxygens (including phenoxy) is 1. The number of amides is 1. The normalized spacial score (nSPS) is 23.7. The predicted molar refractivity (Wildman–Crippen MR) is 121 cm³/mol. The summed E-state index contributed by atoms with van der Waals surface area (Å²) in [6.45, 7) is 6.13. The average Bonchev–Trinajstić information content (AvgIpc) is 2.74. The summed E-state index contributed by atoms with van der Waals surface area (Å²) in [5, 5.41) is 0. The van der Waals surface area contributed by atoms with Gasteiger partial charge in [-0.2, -0.15) is 0 Å². The number of carbonyl (C=O) groups is 1. The molecule has 2 aliphatic rings. The van der Waals surface area contributed by atoms with Crippen molar-refractivity contribution in [2.75, 3.05) is 46.8 Å². The minimum Gasteiger partial charge on any atom is -0.410 e. The molecule has 0 aromatic heterocycles. The highest BCUT2D eigenvalue weighted by atomic mass is 79.9. The summed E-state index contributed by atoms with van der Waals surface area (Å²) in [6, 6.07) is 7.71. The van der Waals surface area contributed by atoms with Crippen LogP contribution in [0.5, 0.6) is 5.75 Å². The number of halogens is 1. The van der Waals surface area contributed by atoms with Gasteiger partial charge in [-0.25, -0.2) is 4.79 Å². The van der Waals surface area contributed by atoms with E-state index >= 15 is 0 Å². The van der Waals surface area contributed by atoms with E-state index in [1.807, 2.05) is 31.3 Å². The van der Waals surface area contributed by atoms with E-state index in [1.165, 1.54) is 64.8 Å². The molecule has 0 bridgehead atoms. The van der Waals surface area contributed by atoms with Crippen LogP contribution in [0.4, 0.5) is 4.79 Å². The predicted octanol–water partition coefficient (Wildman–Crippen LogP) is 4.86. The lowest BCUT2D eigenvalue weighted by Crippen LogP contribution is -2.44. The van der Waals surface area contributed by atoms with Crippen molar-refractivity contribution in [2.45, 2.75) is 51.0 Å². The van der Waals surface area contributed by atoms with Crippen LogP contribution < -0.4 is 4.74 Å². The lowest BCUT2D eigenvalue weighted by atomic mass is 9.82. The zero-order valence-corrected chi connectivity index (χ0v) is 19.6. The van der Waals surface area contributed by atoms with Gasteiger partial charge in [0.1, 0.15) is 5.75 Å². The fourth-order valence-electron chi connectivity index (χ4n) is 4.49. The SMILES string of the molecule is CN1CCN(CCCC[C@H]2CC[C@H](N(C)C(=O)Oc3ccc(Br)cc3)CC2)CC1. The van der Waals surface area contributed by atoms with E-state index in [-0.39, 0.29) is 6.09 Å². The van der Waals surface area contributed by atoms with Crippen LogP contribution in [0.25, 0.3) is 0 Å². The lowest BCUT2D eigenvalue weighted by molar-refractivity contribution is 0.122. The van der Waals surface area contributed by atoms with Crippen LogP contribution >= 0.6 is 15.9 Å². The standard InChI is InChI=1S/C23H36BrN3O2/c1-25-15-17-27(18-16-25)14-4-3-5-19-6-10-21(11-7-19)26(2)23(28)29-22-12-8-20(24)9-13-22/h8-9,12-13,19,21H,3-7,10-11,14-18H2,1-2H3/t19-,21-. The second-order valence-corrected chi connectivity index (χ2v) is 9.66. The Hall–Kier alpha value is -1.11. The van der Waals surface area contributed by atoms with Crippen molar-refractivity contribution in [3.05, 3.63) is 28.7 Å². The van der Waals surface area contributed by atoms with E-state index in [1.54, 1.807) is 4.90 Å². The van der Waals surface area contributed by atoms with Gasteiger partial charge in [-0.05, 0) is 75.9 Å². The molecule has 1 aliphatic carbocycles. The smallest absolute Gasteiger partial charge is 0.410 e. The Morgan fingerprint density at radius 1 is 1.07 bits per heavy atom. The van der Waals surface area contributed by atoms with Gasteiger partial charge in [0.15, 0.2) is 0 Å². The van der Waals surface area contributed by atoms with Gasteiger partial charge in [-0.3, -0.25) is 0 Å². The van der Waals surface area contributed by atoms with Crippen molar-refractivity contribution in [3.8, 4) is 5.75 Å². The van der Waals surface area contributed by atoms with Crippen LogP contribution in [0.2, 0.25) is 0 Å². The van der Waals surface area contributed by atoms with Crippen LogP contribution in [0.1, 0.15) is 44.9 Å². The number of nitrogens with zero attached hydrogens (tertiary/aromatic N) is 3. The van der Waals surface area contributed by atoms with E-state index in [2.05, 4.69) is 32.8 Å². The highest BCUT2D eigenvalue weighted by Gasteiger charge is 2.27. The van der Waals surface area contributed by atoms with Gasteiger partial charge in [-0.15, -0.1) is 0 Å². The van der Waals surface area contributed by atoms with Gasteiger partial charge in [0.25, 0.3) is 0 Å². The molecule has 3 rings (SSSR count). The number of hydrogen-bond donors (Lipinski definition) is 0. The summed E-state index contributed by atoms with van der Waals surface area (Å²) >= 11 is 3.40. The molecular weight excluding hydrogens is 430 g/mol. The molecule has 1 aromatic carbocycles.